The van der Waals surface area contributed by atoms with Gasteiger partial charge in [0.15, 0.2) is 5.16 Å². The van der Waals surface area contributed by atoms with Crippen molar-refractivity contribution in [1.29, 1.82) is 0 Å². The lowest BCUT2D eigenvalue weighted by Crippen LogP contribution is -2.46. The third-order valence-corrected chi connectivity index (χ3v) is 4.92. The van der Waals surface area contributed by atoms with Crippen molar-refractivity contribution in [3.63, 3.8) is 0 Å². The van der Waals surface area contributed by atoms with Gasteiger partial charge in [-0.25, -0.2) is 9.89 Å². The minimum atomic E-state index is -4.43. The Morgan fingerprint density at radius 2 is 2.17 bits per heavy atom. The van der Waals surface area contributed by atoms with Crippen LogP contribution in [0.2, 0.25) is 0 Å². The Morgan fingerprint density at radius 1 is 1.50 bits per heavy atom. The van der Waals surface area contributed by atoms with E-state index in [9.17, 15) is 22.8 Å². The van der Waals surface area contributed by atoms with Crippen molar-refractivity contribution in [2.75, 3.05) is 12.3 Å². The number of hydrogen-bond acceptors (Lipinski definition) is 4. The minimum Gasteiger partial charge on any atom is -0.330 e. The maximum Gasteiger partial charge on any atom is 0.406 e. The largest absolute Gasteiger partial charge is 0.406 e. The molecule has 0 spiro atoms. The van der Waals surface area contributed by atoms with Crippen LogP contribution in [-0.2, 0) is 11.3 Å². The van der Waals surface area contributed by atoms with Crippen molar-refractivity contribution < 1.29 is 18.0 Å². The predicted molar refractivity (Wildman–Crippen MR) is 83.8 cm³/mol. The van der Waals surface area contributed by atoms with Gasteiger partial charge in [0.2, 0.25) is 5.91 Å². The van der Waals surface area contributed by atoms with Gasteiger partial charge < -0.3 is 4.90 Å². The van der Waals surface area contributed by atoms with Gasteiger partial charge in [0.25, 0.3) is 0 Å². The molecule has 1 heterocycles. The molecule has 136 valence electrons. The Kier molecular flexibility index (Phi) is 6.00. The second kappa shape index (κ2) is 7.62. The lowest BCUT2D eigenvalue weighted by Gasteiger charge is -2.30. The number of alkyl halides is 3. The van der Waals surface area contributed by atoms with Gasteiger partial charge in [-0.15, -0.1) is 5.10 Å². The lowest BCUT2D eigenvalue weighted by atomic mass is 10.2. The molecule has 1 aromatic heterocycles. The number of hydrogen-bond donors (Lipinski definition) is 1. The van der Waals surface area contributed by atoms with E-state index in [1.165, 1.54) is 4.57 Å². The summed E-state index contributed by atoms with van der Waals surface area (Å²) in [5.41, 5.74) is -0.384. The summed E-state index contributed by atoms with van der Waals surface area (Å²) < 4.78 is 39.7. The molecule has 24 heavy (non-hydrogen) atoms. The first-order chi connectivity index (χ1) is 11.2. The molecule has 1 amide bonds. The second-order valence-corrected chi connectivity index (χ2v) is 6.91. The summed E-state index contributed by atoms with van der Waals surface area (Å²) >= 11 is 0.982. The minimum absolute atomic E-state index is 0.143. The third kappa shape index (κ3) is 5.02. The number of nitrogens with one attached hydrogen (secondary N) is 1. The summed E-state index contributed by atoms with van der Waals surface area (Å²) in [6, 6.07) is -0.434. The number of aromatic amines is 1. The quantitative estimate of drug-likeness (QED) is 0.717. The molecular formula is C14H21F3N4O2S. The standard InChI is InChI=1S/C14H21F3N4O2S/c1-3-6-20-12(23)18-19-13(20)24-7-11(22)21(8-14(15,16)17)9(2)10-4-5-10/h9-10H,3-8H2,1-2H3,(H,18,23)/t9-/m1/s1. The molecule has 0 aliphatic heterocycles. The maximum atomic E-state index is 12.8. The monoisotopic (exact) mass is 366 g/mol. The Labute approximate surface area is 141 Å². The predicted octanol–water partition coefficient (Wildman–Crippen LogP) is 2.26. The average molecular weight is 366 g/mol. The van der Waals surface area contributed by atoms with Gasteiger partial charge in [-0.1, -0.05) is 18.7 Å². The van der Waals surface area contributed by atoms with Crippen molar-refractivity contribution in [2.45, 2.75) is 57.0 Å². The summed E-state index contributed by atoms with van der Waals surface area (Å²) in [4.78, 5) is 24.8. The molecule has 1 aliphatic rings. The topological polar surface area (TPSA) is 71.0 Å². The number of rotatable bonds is 8. The van der Waals surface area contributed by atoms with E-state index >= 15 is 0 Å². The number of amides is 1. The van der Waals surface area contributed by atoms with E-state index in [2.05, 4.69) is 10.2 Å². The average Bonchev–Trinajstić information content (AvgIpc) is 3.28. The van der Waals surface area contributed by atoms with Crippen LogP contribution in [0.15, 0.2) is 9.95 Å². The number of carbonyl (C=O) groups is 1. The van der Waals surface area contributed by atoms with E-state index in [1.54, 1.807) is 6.92 Å². The smallest absolute Gasteiger partial charge is 0.330 e. The van der Waals surface area contributed by atoms with Gasteiger partial charge in [0.1, 0.15) is 6.54 Å². The molecule has 10 heteroatoms. The molecule has 1 N–H and O–H groups in total. The van der Waals surface area contributed by atoms with Crippen LogP contribution < -0.4 is 5.69 Å². The van der Waals surface area contributed by atoms with Crippen molar-refractivity contribution in [3.8, 4) is 0 Å². The van der Waals surface area contributed by atoms with E-state index in [-0.39, 0.29) is 17.4 Å². The van der Waals surface area contributed by atoms with Crippen LogP contribution in [0.4, 0.5) is 13.2 Å². The van der Waals surface area contributed by atoms with Crippen molar-refractivity contribution >= 4 is 17.7 Å². The normalized spacial score (nSPS) is 16.2. The van der Waals surface area contributed by atoms with Crippen LogP contribution in [-0.4, -0.2) is 50.1 Å². The Balaban J connectivity index is 2.03. The molecule has 1 atom stereocenters. The molecule has 6 nitrogen and oxygen atoms in total. The fraction of sp³-hybridized carbons (Fsp3) is 0.786. The van der Waals surface area contributed by atoms with E-state index in [4.69, 9.17) is 0 Å². The maximum absolute atomic E-state index is 12.8. The van der Waals surface area contributed by atoms with Crippen LogP contribution in [0.3, 0.4) is 0 Å². The number of thioether (sulfide) groups is 1. The highest BCUT2D eigenvalue weighted by molar-refractivity contribution is 7.99. The molecule has 1 saturated carbocycles. The molecule has 2 rings (SSSR count). The number of halogens is 3. The van der Waals surface area contributed by atoms with Gasteiger partial charge in [0, 0.05) is 12.6 Å². The molecule has 1 fully saturated rings. The number of nitrogens with zero attached hydrogens (tertiary/aromatic N) is 3. The summed E-state index contributed by atoms with van der Waals surface area (Å²) in [7, 11) is 0. The van der Waals surface area contributed by atoms with Gasteiger partial charge >= 0.3 is 11.9 Å². The van der Waals surface area contributed by atoms with Gasteiger partial charge in [0.05, 0.1) is 5.75 Å². The first kappa shape index (κ1) is 18.9. The fourth-order valence-corrected chi connectivity index (χ4v) is 3.39. The zero-order chi connectivity index (χ0) is 17.9. The van der Waals surface area contributed by atoms with E-state index in [0.717, 1.165) is 29.5 Å². The van der Waals surface area contributed by atoms with Gasteiger partial charge in [-0.2, -0.15) is 13.2 Å². The highest BCUT2D eigenvalue weighted by Gasteiger charge is 2.40. The molecule has 0 saturated heterocycles. The molecule has 1 aliphatic carbocycles. The third-order valence-electron chi connectivity index (χ3n) is 3.96. The van der Waals surface area contributed by atoms with Crippen LogP contribution in [0.1, 0.15) is 33.1 Å². The summed E-state index contributed by atoms with van der Waals surface area (Å²) in [6.07, 6.45) is -2.02. The zero-order valence-corrected chi connectivity index (χ0v) is 14.4. The van der Waals surface area contributed by atoms with Crippen molar-refractivity contribution in [1.82, 2.24) is 19.7 Å². The van der Waals surface area contributed by atoms with E-state index in [0.29, 0.717) is 18.1 Å². The highest BCUT2D eigenvalue weighted by Crippen LogP contribution is 2.36. The van der Waals surface area contributed by atoms with Crippen molar-refractivity contribution in [3.05, 3.63) is 10.5 Å². The van der Waals surface area contributed by atoms with Crippen molar-refractivity contribution in [2.24, 2.45) is 5.92 Å². The second-order valence-electron chi connectivity index (χ2n) is 5.97. The summed E-state index contributed by atoms with van der Waals surface area (Å²) in [6.45, 7) is 2.75. The van der Waals surface area contributed by atoms with Crippen LogP contribution in [0.5, 0.6) is 0 Å². The molecule has 1 aromatic rings. The van der Waals surface area contributed by atoms with Crippen LogP contribution >= 0.6 is 11.8 Å². The summed E-state index contributed by atoms with van der Waals surface area (Å²) in [5, 5.41) is 6.44. The van der Waals surface area contributed by atoms with E-state index < -0.39 is 24.7 Å². The molecular weight excluding hydrogens is 345 g/mol. The SMILES string of the molecule is CCCn1c(SCC(=O)N(CC(F)(F)F)[C@H](C)C2CC2)n[nH]c1=O. The molecule has 0 bridgehead atoms. The van der Waals surface area contributed by atoms with Gasteiger partial charge in [-0.3, -0.25) is 9.36 Å². The number of carbonyl (C=O) groups excluding carboxylic acids is 1. The first-order valence-electron chi connectivity index (χ1n) is 7.87. The number of H-pyrrole nitrogens is 1. The highest BCUT2D eigenvalue weighted by atomic mass is 32.2. The summed E-state index contributed by atoms with van der Waals surface area (Å²) in [5.74, 6) is -0.624. The fourth-order valence-electron chi connectivity index (χ4n) is 2.53. The zero-order valence-electron chi connectivity index (χ0n) is 13.6. The number of aromatic nitrogens is 3. The van der Waals surface area contributed by atoms with Gasteiger partial charge in [-0.05, 0) is 32.1 Å². The van der Waals surface area contributed by atoms with Crippen LogP contribution in [0.25, 0.3) is 0 Å². The molecule has 0 aromatic carbocycles. The lowest BCUT2D eigenvalue weighted by molar-refractivity contribution is -0.164. The molecule has 0 radical (unpaired) electrons. The Hall–Kier alpha value is -1.45. The molecule has 0 unspecified atom stereocenters. The Morgan fingerprint density at radius 3 is 2.71 bits per heavy atom. The first-order valence-corrected chi connectivity index (χ1v) is 8.85. The Bertz CT molecular complexity index is 624. The van der Waals surface area contributed by atoms with E-state index in [1.807, 2.05) is 6.92 Å². The van der Waals surface area contributed by atoms with Crippen LogP contribution in [0, 0.1) is 5.92 Å².